The third-order valence-electron chi connectivity index (χ3n) is 3.34. The van der Waals surface area contributed by atoms with Crippen LogP contribution in [0.1, 0.15) is 40.0 Å². The molecule has 16 heavy (non-hydrogen) atoms. The number of nitrogens with zero attached hydrogens (tertiary/aromatic N) is 1. The average Bonchev–Trinajstić information content (AvgIpc) is 2.10. The van der Waals surface area contributed by atoms with Crippen LogP contribution >= 0.6 is 0 Å². The molecule has 0 radical (unpaired) electrons. The molecule has 1 aliphatic carbocycles. The highest BCUT2D eigenvalue weighted by Gasteiger charge is 2.35. The summed E-state index contributed by atoms with van der Waals surface area (Å²) in [5.74, 6) is -0.0220. The molecule has 1 fully saturated rings. The summed E-state index contributed by atoms with van der Waals surface area (Å²) < 4.78 is 0. The zero-order valence-corrected chi connectivity index (χ0v) is 10.6. The van der Waals surface area contributed by atoms with Crippen molar-refractivity contribution in [2.45, 2.75) is 52.1 Å². The lowest BCUT2D eigenvalue weighted by atomic mass is 9.84. The molecule has 0 aromatic rings. The van der Waals surface area contributed by atoms with Crippen LogP contribution in [0, 0.1) is 5.41 Å². The van der Waals surface area contributed by atoms with E-state index in [2.05, 4.69) is 0 Å². The molecule has 0 saturated heterocycles. The molecule has 1 atom stereocenters. The Morgan fingerprint density at radius 3 is 2.38 bits per heavy atom. The standard InChI is InChI=1S/C12H24N2O2/c1-12(2,3)10(13)11(16)14(7-8-15)9-5-4-6-9/h9-10,15H,4-8,13H2,1-3H3/t10-/m1/s1. The molecule has 0 aromatic carbocycles. The quantitative estimate of drug-likeness (QED) is 0.745. The van der Waals surface area contributed by atoms with Crippen LogP contribution < -0.4 is 5.73 Å². The first-order chi connectivity index (χ1) is 7.38. The molecule has 0 aromatic heterocycles. The smallest absolute Gasteiger partial charge is 0.240 e. The number of hydrogen-bond acceptors (Lipinski definition) is 3. The number of carbonyl (C=O) groups excluding carboxylic acids is 1. The summed E-state index contributed by atoms with van der Waals surface area (Å²) in [7, 11) is 0. The summed E-state index contributed by atoms with van der Waals surface area (Å²) in [6.07, 6.45) is 3.26. The fraction of sp³-hybridized carbons (Fsp3) is 0.917. The van der Waals surface area contributed by atoms with Crippen molar-refractivity contribution < 1.29 is 9.90 Å². The monoisotopic (exact) mass is 228 g/mol. The maximum absolute atomic E-state index is 12.2. The number of aliphatic hydroxyl groups is 1. The number of nitrogens with two attached hydrogens (primary N) is 1. The average molecular weight is 228 g/mol. The highest BCUT2D eigenvalue weighted by atomic mass is 16.3. The minimum Gasteiger partial charge on any atom is -0.395 e. The van der Waals surface area contributed by atoms with E-state index in [1.165, 1.54) is 6.42 Å². The molecule has 0 heterocycles. The van der Waals surface area contributed by atoms with Crippen molar-refractivity contribution in [3.05, 3.63) is 0 Å². The Morgan fingerprint density at radius 2 is 2.06 bits per heavy atom. The van der Waals surface area contributed by atoms with Gasteiger partial charge in [0.25, 0.3) is 0 Å². The van der Waals surface area contributed by atoms with Crippen LogP contribution in [-0.2, 0) is 4.79 Å². The Kier molecular flexibility index (Phi) is 4.33. The zero-order chi connectivity index (χ0) is 12.3. The van der Waals surface area contributed by atoms with E-state index in [4.69, 9.17) is 10.8 Å². The molecular formula is C12H24N2O2. The van der Waals surface area contributed by atoms with Gasteiger partial charge in [-0.3, -0.25) is 4.79 Å². The van der Waals surface area contributed by atoms with Gasteiger partial charge in [0, 0.05) is 12.6 Å². The van der Waals surface area contributed by atoms with Crippen LogP contribution in [0.15, 0.2) is 0 Å². The highest BCUT2D eigenvalue weighted by molar-refractivity contribution is 5.82. The van der Waals surface area contributed by atoms with Gasteiger partial charge in [0.1, 0.15) is 0 Å². The summed E-state index contributed by atoms with van der Waals surface area (Å²) in [6, 6.07) is -0.187. The van der Waals surface area contributed by atoms with Gasteiger partial charge in [-0.1, -0.05) is 20.8 Å². The number of hydrogen-bond donors (Lipinski definition) is 2. The van der Waals surface area contributed by atoms with E-state index in [1.807, 2.05) is 20.8 Å². The Hall–Kier alpha value is -0.610. The number of rotatable bonds is 4. The molecule has 1 saturated carbocycles. The molecule has 1 rings (SSSR count). The Balaban J connectivity index is 2.66. The predicted octanol–water partition coefficient (Wildman–Crippen LogP) is 0.733. The molecule has 0 spiro atoms. The molecule has 1 amide bonds. The van der Waals surface area contributed by atoms with Crippen LogP contribution in [0.2, 0.25) is 0 Å². The highest BCUT2D eigenvalue weighted by Crippen LogP contribution is 2.27. The van der Waals surface area contributed by atoms with Gasteiger partial charge in [-0.25, -0.2) is 0 Å². The van der Waals surface area contributed by atoms with Crippen LogP contribution in [-0.4, -0.2) is 41.1 Å². The minimum atomic E-state index is -0.486. The summed E-state index contributed by atoms with van der Waals surface area (Å²) in [5, 5.41) is 9.00. The lowest BCUT2D eigenvalue weighted by molar-refractivity contribution is -0.139. The molecule has 0 aliphatic heterocycles. The lowest BCUT2D eigenvalue weighted by Gasteiger charge is -2.40. The van der Waals surface area contributed by atoms with Crippen LogP contribution in [0.3, 0.4) is 0 Å². The van der Waals surface area contributed by atoms with Crippen molar-refractivity contribution in [2.75, 3.05) is 13.2 Å². The van der Waals surface area contributed by atoms with E-state index in [1.54, 1.807) is 4.90 Å². The second kappa shape index (κ2) is 5.15. The Labute approximate surface area is 97.8 Å². The molecule has 94 valence electrons. The van der Waals surface area contributed by atoms with Gasteiger partial charge in [0.05, 0.1) is 12.6 Å². The molecule has 3 N–H and O–H groups in total. The maximum Gasteiger partial charge on any atom is 0.240 e. The van der Waals surface area contributed by atoms with E-state index in [0.717, 1.165) is 12.8 Å². The first kappa shape index (κ1) is 13.5. The van der Waals surface area contributed by atoms with E-state index in [-0.39, 0.29) is 17.9 Å². The molecule has 1 aliphatic rings. The van der Waals surface area contributed by atoms with Gasteiger partial charge in [0.2, 0.25) is 5.91 Å². The summed E-state index contributed by atoms with van der Waals surface area (Å²) in [6.45, 7) is 6.32. The van der Waals surface area contributed by atoms with Gasteiger partial charge in [-0.2, -0.15) is 0 Å². The van der Waals surface area contributed by atoms with Gasteiger partial charge < -0.3 is 15.7 Å². The molecule has 4 heteroatoms. The maximum atomic E-state index is 12.2. The first-order valence-electron chi connectivity index (χ1n) is 6.05. The fourth-order valence-corrected chi connectivity index (χ4v) is 1.83. The minimum absolute atomic E-state index is 0.0130. The summed E-state index contributed by atoms with van der Waals surface area (Å²) in [5.41, 5.74) is 5.74. The summed E-state index contributed by atoms with van der Waals surface area (Å²) >= 11 is 0. The fourth-order valence-electron chi connectivity index (χ4n) is 1.83. The zero-order valence-electron chi connectivity index (χ0n) is 10.6. The van der Waals surface area contributed by atoms with E-state index in [0.29, 0.717) is 12.6 Å². The van der Waals surface area contributed by atoms with Crippen molar-refractivity contribution in [1.29, 1.82) is 0 Å². The van der Waals surface area contributed by atoms with Gasteiger partial charge in [-0.15, -0.1) is 0 Å². The van der Waals surface area contributed by atoms with E-state index >= 15 is 0 Å². The lowest BCUT2D eigenvalue weighted by Crippen LogP contribution is -2.55. The molecular weight excluding hydrogens is 204 g/mol. The molecule has 4 nitrogen and oxygen atoms in total. The van der Waals surface area contributed by atoms with Crippen molar-refractivity contribution in [2.24, 2.45) is 11.1 Å². The normalized spacial score (nSPS) is 19.1. The van der Waals surface area contributed by atoms with Gasteiger partial charge in [0.15, 0.2) is 0 Å². The second-order valence-corrected chi connectivity index (χ2v) is 5.68. The van der Waals surface area contributed by atoms with Crippen LogP contribution in [0.25, 0.3) is 0 Å². The van der Waals surface area contributed by atoms with Crippen molar-refractivity contribution in [1.82, 2.24) is 4.90 Å². The number of carbonyl (C=O) groups is 1. The van der Waals surface area contributed by atoms with E-state index in [9.17, 15) is 4.79 Å². The van der Waals surface area contributed by atoms with Crippen molar-refractivity contribution in [3.8, 4) is 0 Å². The Morgan fingerprint density at radius 1 is 1.50 bits per heavy atom. The third kappa shape index (κ3) is 2.95. The number of aliphatic hydroxyl groups excluding tert-OH is 1. The SMILES string of the molecule is CC(C)(C)[C@H](N)C(=O)N(CCO)C1CCC1. The van der Waals surface area contributed by atoms with Crippen LogP contribution in [0.4, 0.5) is 0 Å². The van der Waals surface area contributed by atoms with Crippen molar-refractivity contribution >= 4 is 5.91 Å². The second-order valence-electron chi connectivity index (χ2n) is 5.68. The largest absolute Gasteiger partial charge is 0.395 e. The number of amides is 1. The molecule has 0 unspecified atom stereocenters. The summed E-state index contributed by atoms with van der Waals surface area (Å²) in [4.78, 5) is 14.0. The van der Waals surface area contributed by atoms with E-state index < -0.39 is 6.04 Å². The first-order valence-corrected chi connectivity index (χ1v) is 6.05. The van der Waals surface area contributed by atoms with Gasteiger partial charge >= 0.3 is 0 Å². The van der Waals surface area contributed by atoms with Crippen LogP contribution in [0.5, 0.6) is 0 Å². The topological polar surface area (TPSA) is 66.6 Å². The Bertz CT molecular complexity index is 244. The third-order valence-corrected chi connectivity index (χ3v) is 3.34. The van der Waals surface area contributed by atoms with Gasteiger partial charge in [-0.05, 0) is 24.7 Å². The molecule has 0 bridgehead atoms. The predicted molar refractivity (Wildman–Crippen MR) is 63.9 cm³/mol. The van der Waals surface area contributed by atoms with Crippen molar-refractivity contribution in [3.63, 3.8) is 0 Å².